The van der Waals surface area contributed by atoms with E-state index in [1.807, 2.05) is 0 Å². The normalized spacial score (nSPS) is 13.0. The Balaban J connectivity index is 2.80. The molecule has 7 heteroatoms. The molecule has 0 atom stereocenters. The smallest absolute Gasteiger partial charge is 0.241 e. The number of hydrogen-bond donors (Lipinski definition) is 1. The Labute approximate surface area is 148 Å². The summed E-state index contributed by atoms with van der Waals surface area (Å²) in [6.07, 6.45) is 0. The van der Waals surface area contributed by atoms with Gasteiger partial charge in [0.15, 0.2) is 9.84 Å². The first-order chi connectivity index (χ1) is 10.4. The fourth-order valence-electron chi connectivity index (χ4n) is 1.77. The molecule has 1 N–H and O–H groups in total. The van der Waals surface area contributed by atoms with E-state index in [0.29, 0.717) is 11.6 Å². The average Bonchev–Trinajstić information content (AvgIpc) is 2.42. The third-order valence-electron chi connectivity index (χ3n) is 3.27. The fourth-order valence-corrected chi connectivity index (χ4v) is 4.11. The van der Waals surface area contributed by atoms with Crippen molar-refractivity contribution in [2.45, 2.75) is 49.0 Å². The van der Waals surface area contributed by atoms with Crippen LogP contribution >= 0.6 is 23.4 Å². The highest BCUT2D eigenvalue weighted by Crippen LogP contribution is 2.27. The third-order valence-corrected chi connectivity index (χ3v) is 7.21. The Bertz CT molecular complexity index is 647. The second kappa shape index (κ2) is 7.45. The zero-order valence-electron chi connectivity index (χ0n) is 14.1. The zero-order chi connectivity index (χ0) is 17.9. The van der Waals surface area contributed by atoms with Crippen molar-refractivity contribution in [3.63, 3.8) is 0 Å². The van der Waals surface area contributed by atoms with Gasteiger partial charge in [-0.3, -0.25) is 4.79 Å². The number of carbonyl (C=O) groups excluding carboxylic acids is 1. The lowest BCUT2D eigenvalue weighted by atomic mass is 10.2. The van der Waals surface area contributed by atoms with Gasteiger partial charge in [-0.2, -0.15) is 11.8 Å². The Kier molecular flexibility index (Phi) is 6.58. The van der Waals surface area contributed by atoms with Gasteiger partial charge in [0.1, 0.15) is 4.75 Å². The molecule has 0 saturated heterocycles. The van der Waals surface area contributed by atoms with Crippen molar-refractivity contribution in [1.29, 1.82) is 0 Å². The van der Waals surface area contributed by atoms with Crippen molar-refractivity contribution in [2.75, 3.05) is 12.3 Å². The van der Waals surface area contributed by atoms with Crippen LogP contribution in [0.2, 0.25) is 5.02 Å². The number of carbonyl (C=O) groups is 1. The molecule has 0 spiro atoms. The maximum atomic E-state index is 12.7. The van der Waals surface area contributed by atoms with Crippen molar-refractivity contribution in [3.8, 4) is 0 Å². The number of hydrogen-bond acceptors (Lipinski definition) is 4. The van der Waals surface area contributed by atoms with Gasteiger partial charge in [0.05, 0.1) is 4.90 Å². The molecule has 0 fully saturated rings. The molecule has 130 valence electrons. The molecule has 23 heavy (non-hydrogen) atoms. The Morgan fingerprint density at radius 2 is 1.65 bits per heavy atom. The molecule has 0 bridgehead atoms. The lowest BCUT2D eigenvalue weighted by Gasteiger charge is -2.24. The van der Waals surface area contributed by atoms with E-state index in [4.69, 9.17) is 11.6 Å². The molecule has 0 heterocycles. The first kappa shape index (κ1) is 20.3. The van der Waals surface area contributed by atoms with E-state index in [-0.39, 0.29) is 9.64 Å². The molecule has 1 aromatic carbocycles. The molecule has 0 aromatic heterocycles. The van der Waals surface area contributed by atoms with E-state index in [1.165, 1.54) is 38.1 Å². The van der Waals surface area contributed by atoms with Crippen LogP contribution in [0.25, 0.3) is 0 Å². The van der Waals surface area contributed by atoms with Gasteiger partial charge in [0.2, 0.25) is 5.91 Å². The van der Waals surface area contributed by atoms with E-state index in [9.17, 15) is 13.2 Å². The Hall–Kier alpha value is -0.720. The molecular formula is C16H24ClNO3S2. The SMILES string of the molecule is CC(C)(C)SCCNC(=O)C(C)(C)S(=O)(=O)c1ccc(Cl)cc1. The summed E-state index contributed by atoms with van der Waals surface area (Å²) < 4.78 is 23.9. The number of nitrogens with one attached hydrogen (secondary N) is 1. The minimum absolute atomic E-state index is 0.0890. The summed E-state index contributed by atoms with van der Waals surface area (Å²) >= 11 is 7.50. The van der Waals surface area contributed by atoms with Gasteiger partial charge in [0.25, 0.3) is 0 Å². The largest absolute Gasteiger partial charge is 0.354 e. The van der Waals surface area contributed by atoms with Crippen molar-refractivity contribution in [2.24, 2.45) is 0 Å². The molecule has 0 radical (unpaired) electrons. The number of rotatable bonds is 6. The van der Waals surface area contributed by atoms with E-state index >= 15 is 0 Å². The molecule has 0 aliphatic heterocycles. The minimum atomic E-state index is -3.80. The monoisotopic (exact) mass is 377 g/mol. The molecule has 0 aliphatic rings. The van der Waals surface area contributed by atoms with Gasteiger partial charge in [-0.1, -0.05) is 32.4 Å². The minimum Gasteiger partial charge on any atom is -0.354 e. The first-order valence-corrected chi connectivity index (χ1v) is 10.1. The molecular weight excluding hydrogens is 354 g/mol. The summed E-state index contributed by atoms with van der Waals surface area (Å²) in [5.41, 5.74) is 0. The molecule has 1 amide bonds. The quantitative estimate of drug-likeness (QED) is 0.770. The second-order valence-electron chi connectivity index (χ2n) is 6.68. The molecule has 1 rings (SSSR count). The Morgan fingerprint density at radius 1 is 1.13 bits per heavy atom. The Morgan fingerprint density at radius 3 is 2.13 bits per heavy atom. The highest BCUT2D eigenvalue weighted by Gasteiger charge is 2.42. The molecule has 4 nitrogen and oxygen atoms in total. The number of thioether (sulfide) groups is 1. The van der Waals surface area contributed by atoms with E-state index < -0.39 is 20.5 Å². The van der Waals surface area contributed by atoms with E-state index in [1.54, 1.807) is 11.8 Å². The summed E-state index contributed by atoms with van der Waals surface area (Å²) in [5, 5.41) is 3.17. The maximum Gasteiger partial charge on any atom is 0.241 e. The van der Waals surface area contributed by atoms with Gasteiger partial charge in [0, 0.05) is 22.1 Å². The third kappa shape index (κ3) is 5.40. The van der Waals surface area contributed by atoms with Crippen LogP contribution in [-0.4, -0.2) is 36.1 Å². The number of amides is 1. The van der Waals surface area contributed by atoms with Gasteiger partial charge in [-0.05, 0) is 38.1 Å². The summed E-state index contributed by atoms with van der Waals surface area (Å²) in [6.45, 7) is 9.55. The van der Waals surface area contributed by atoms with E-state index in [2.05, 4.69) is 26.1 Å². The van der Waals surface area contributed by atoms with Gasteiger partial charge in [-0.15, -0.1) is 0 Å². The highest BCUT2D eigenvalue weighted by molar-refractivity contribution is 8.00. The van der Waals surface area contributed by atoms with Crippen molar-refractivity contribution in [3.05, 3.63) is 29.3 Å². The van der Waals surface area contributed by atoms with Crippen LogP contribution in [0, 0.1) is 0 Å². The fraction of sp³-hybridized carbons (Fsp3) is 0.562. The lowest BCUT2D eigenvalue weighted by Crippen LogP contribution is -2.48. The van der Waals surface area contributed by atoms with Crippen LogP contribution in [0.5, 0.6) is 0 Å². The number of sulfone groups is 1. The summed E-state index contributed by atoms with van der Waals surface area (Å²) in [5.74, 6) is 0.230. The summed E-state index contributed by atoms with van der Waals surface area (Å²) in [6, 6.07) is 5.84. The van der Waals surface area contributed by atoms with Gasteiger partial charge >= 0.3 is 0 Å². The predicted molar refractivity (Wildman–Crippen MR) is 97.9 cm³/mol. The van der Waals surface area contributed by atoms with Crippen LogP contribution < -0.4 is 5.32 Å². The van der Waals surface area contributed by atoms with Crippen LogP contribution in [0.3, 0.4) is 0 Å². The van der Waals surface area contributed by atoms with Gasteiger partial charge < -0.3 is 5.32 Å². The zero-order valence-corrected chi connectivity index (χ0v) is 16.5. The predicted octanol–water partition coefficient (Wildman–Crippen LogP) is 3.54. The standard InChI is InChI=1S/C16H24ClNO3S2/c1-15(2,3)22-11-10-18-14(19)16(4,5)23(20,21)13-8-6-12(17)7-9-13/h6-9H,10-11H2,1-5H3,(H,18,19). The number of benzene rings is 1. The topological polar surface area (TPSA) is 63.2 Å². The maximum absolute atomic E-state index is 12.7. The molecule has 0 aliphatic carbocycles. The summed E-state index contributed by atoms with van der Waals surface area (Å²) in [7, 11) is -3.80. The van der Waals surface area contributed by atoms with Crippen LogP contribution in [0.4, 0.5) is 0 Å². The van der Waals surface area contributed by atoms with Crippen molar-refractivity contribution < 1.29 is 13.2 Å². The average molecular weight is 378 g/mol. The number of halogens is 1. The lowest BCUT2D eigenvalue weighted by molar-refractivity contribution is -0.122. The van der Waals surface area contributed by atoms with Gasteiger partial charge in [-0.25, -0.2) is 8.42 Å². The first-order valence-electron chi connectivity index (χ1n) is 7.30. The van der Waals surface area contributed by atoms with Crippen molar-refractivity contribution >= 4 is 39.1 Å². The molecule has 0 saturated carbocycles. The second-order valence-corrected chi connectivity index (χ2v) is 11.5. The van der Waals surface area contributed by atoms with E-state index in [0.717, 1.165) is 5.75 Å². The van der Waals surface area contributed by atoms with Crippen molar-refractivity contribution in [1.82, 2.24) is 5.32 Å². The summed E-state index contributed by atoms with van der Waals surface area (Å²) in [4.78, 5) is 12.4. The highest BCUT2D eigenvalue weighted by atomic mass is 35.5. The molecule has 1 aromatic rings. The van der Waals surface area contributed by atoms with Crippen LogP contribution in [0.1, 0.15) is 34.6 Å². The molecule has 0 unspecified atom stereocenters. The van der Waals surface area contributed by atoms with Crippen LogP contribution in [-0.2, 0) is 14.6 Å². The van der Waals surface area contributed by atoms with Crippen LogP contribution in [0.15, 0.2) is 29.2 Å².